The van der Waals surface area contributed by atoms with Crippen molar-refractivity contribution < 1.29 is 44.1 Å². The third kappa shape index (κ3) is 4.59. The molecular formula is C15H23BrCl2N2O2. The molecule has 2 N–H and O–H groups in total. The molecule has 7 heteroatoms. The number of quaternary nitrogens is 2. The van der Waals surface area contributed by atoms with E-state index < -0.39 is 5.41 Å². The van der Waals surface area contributed by atoms with Crippen LogP contribution in [0, 0.1) is 5.41 Å². The smallest absolute Gasteiger partial charge is 0.187 e. The molecule has 4 nitrogen and oxygen atoms in total. The van der Waals surface area contributed by atoms with Crippen LogP contribution in [0.15, 0.2) is 22.7 Å². The zero-order valence-electron chi connectivity index (χ0n) is 13.3. The van der Waals surface area contributed by atoms with E-state index in [9.17, 15) is 4.79 Å². The Bertz CT molecular complexity index is 514. The van der Waals surface area contributed by atoms with Gasteiger partial charge in [0.2, 0.25) is 0 Å². The zero-order valence-corrected chi connectivity index (χ0v) is 16.4. The fourth-order valence-corrected chi connectivity index (χ4v) is 3.41. The number of carbonyl (C=O) groups is 1. The first-order valence-electron chi connectivity index (χ1n) is 6.89. The molecule has 0 saturated heterocycles. The van der Waals surface area contributed by atoms with Gasteiger partial charge in [0.1, 0.15) is 12.4 Å². The average Bonchev–Trinajstić information content (AvgIpc) is 2.33. The number of hydrogen-bond donors (Lipinski definition) is 2. The van der Waals surface area contributed by atoms with Crippen LogP contribution >= 0.6 is 15.9 Å². The molecule has 0 amide bonds. The average molecular weight is 414 g/mol. The number of carbonyl (C=O) groups excluding carboxylic acids is 1. The molecule has 0 aliphatic carbocycles. The molecule has 0 saturated carbocycles. The van der Waals surface area contributed by atoms with E-state index in [0.717, 1.165) is 17.6 Å². The van der Waals surface area contributed by atoms with Crippen LogP contribution in [0.3, 0.4) is 0 Å². The number of fused-ring (bicyclic) bond motifs is 1. The molecule has 1 aromatic rings. The molecular weight excluding hydrogens is 391 g/mol. The van der Waals surface area contributed by atoms with Crippen LogP contribution in [0.1, 0.15) is 10.4 Å². The lowest BCUT2D eigenvalue weighted by Gasteiger charge is -2.36. The predicted octanol–water partition coefficient (Wildman–Crippen LogP) is -6.69. The fraction of sp³-hybridized carbons (Fsp3) is 0.533. The van der Waals surface area contributed by atoms with Crippen LogP contribution in [0.4, 0.5) is 0 Å². The highest BCUT2D eigenvalue weighted by molar-refractivity contribution is 9.10. The number of benzene rings is 1. The summed E-state index contributed by atoms with van der Waals surface area (Å²) in [6, 6.07) is 5.65. The van der Waals surface area contributed by atoms with Gasteiger partial charge >= 0.3 is 0 Å². The van der Waals surface area contributed by atoms with Gasteiger partial charge < -0.3 is 39.4 Å². The van der Waals surface area contributed by atoms with Gasteiger partial charge in [-0.3, -0.25) is 4.79 Å². The van der Waals surface area contributed by atoms with Crippen molar-refractivity contribution in [1.29, 1.82) is 0 Å². The van der Waals surface area contributed by atoms with Gasteiger partial charge in [0.15, 0.2) is 11.2 Å². The molecule has 0 unspecified atom stereocenters. The molecule has 1 aliphatic heterocycles. The molecule has 0 aromatic heterocycles. The number of hydrogen-bond acceptors (Lipinski definition) is 2. The van der Waals surface area contributed by atoms with Crippen LogP contribution in [-0.2, 0) is 0 Å². The van der Waals surface area contributed by atoms with E-state index in [4.69, 9.17) is 4.74 Å². The maximum atomic E-state index is 13.0. The number of nitrogens with one attached hydrogen (secondary N) is 2. The number of rotatable bonds is 4. The molecule has 0 fully saturated rings. The summed E-state index contributed by atoms with van der Waals surface area (Å²) < 4.78 is 6.81. The minimum Gasteiger partial charge on any atom is -1.00 e. The van der Waals surface area contributed by atoms with Crippen molar-refractivity contribution in [3.63, 3.8) is 0 Å². The van der Waals surface area contributed by atoms with E-state index in [-0.39, 0.29) is 30.6 Å². The second-order valence-corrected chi connectivity index (χ2v) is 7.22. The lowest BCUT2D eigenvalue weighted by atomic mass is 9.78. The first-order valence-corrected chi connectivity index (χ1v) is 7.68. The molecule has 22 heavy (non-hydrogen) atoms. The number of Topliss-reactive ketones (excluding diaryl/α,β-unsaturated/α-hetero) is 1. The molecule has 1 heterocycles. The van der Waals surface area contributed by atoms with Crippen molar-refractivity contribution in [2.75, 3.05) is 47.9 Å². The minimum atomic E-state index is -0.439. The Morgan fingerprint density at radius 2 is 1.68 bits per heavy atom. The summed E-state index contributed by atoms with van der Waals surface area (Å²) in [6.45, 7) is 2.03. The summed E-state index contributed by atoms with van der Waals surface area (Å²) in [5.74, 6) is 0.916. The van der Waals surface area contributed by atoms with Crippen molar-refractivity contribution in [2.24, 2.45) is 5.41 Å². The van der Waals surface area contributed by atoms with Crippen LogP contribution in [0.2, 0.25) is 0 Å². The maximum absolute atomic E-state index is 13.0. The molecule has 0 radical (unpaired) electrons. The highest BCUT2D eigenvalue weighted by Gasteiger charge is 2.48. The van der Waals surface area contributed by atoms with Gasteiger partial charge in [-0.25, -0.2) is 0 Å². The summed E-state index contributed by atoms with van der Waals surface area (Å²) in [5.41, 5.74) is 0.263. The molecule has 1 aromatic carbocycles. The maximum Gasteiger partial charge on any atom is 0.187 e. The lowest BCUT2D eigenvalue weighted by molar-refractivity contribution is -0.890. The third-order valence-corrected chi connectivity index (χ3v) is 4.05. The molecule has 126 valence electrons. The first kappa shape index (κ1) is 21.7. The predicted molar refractivity (Wildman–Crippen MR) is 81.8 cm³/mol. The van der Waals surface area contributed by atoms with Crippen LogP contribution < -0.4 is 39.4 Å². The van der Waals surface area contributed by atoms with Gasteiger partial charge in [-0.15, -0.1) is 0 Å². The molecule has 0 bridgehead atoms. The quantitative estimate of drug-likeness (QED) is 0.514. The Hall–Kier alpha value is -0.330. The van der Waals surface area contributed by atoms with E-state index in [1.54, 1.807) is 0 Å². The number of ketones is 1. The normalized spacial score (nSPS) is 15.7. The fourth-order valence-electron chi connectivity index (χ4n) is 3.05. The van der Waals surface area contributed by atoms with Gasteiger partial charge in [0, 0.05) is 4.47 Å². The Morgan fingerprint density at radius 3 is 2.18 bits per heavy atom. The summed E-state index contributed by atoms with van der Waals surface area (Å²) in [5, 5.41) is 0. The molecule has 2 rings (SSSR count). The summed E-state index contributed by atoms with van der Waals surface area (Å²) in [7, 11) is 8.32. The number of ether oxygens (including phenoxy) is 1. The topological polar surface area (TPSA) is 35.2 Å². The van der Waals surface area contributed by atoms with Crippen LogP contribution in [-0.4, -0.2) is 53.7 Å². The minimum absolute atomic E-state index is 0. The highest BCUT2D eigenvalue weighted by Crippen LogP contribution is 2.34. The second-order valence-electron chi connectivity index (χ2n) is 6.31. The highest BCUT2D eigenvalue weighted by atomic mass is 79.9. The van der Waals surface area contributed by atoms with Crippen molar-refractivity contribution in [3.05, 3.63) is 28.2 Å². The largest absolute Gasteiger partial charge is 1.00 e. The van der Waals surface area contributed by atoms with Crippen LogP contribution in [0.5, 0.6) is 5.75 Å². The Labute approximate surface area is 153 Å². The van der Waals surface area contributed by atoms with E-state index in [2.05, 4.69) is 44.1 Å². The Morgan fingerprint density at radius 1 is 1.14 bits per heavy atom. The first-order chi connectivity index (χ1) is 9.34. The van der Waals surface area contributed by atoms with Crippen molar-refractivity contribution in [2.45, 2.75) is 0 Å². The van der Waals surface area contributed by atoms with Gasteiger partial charge in [0.25, 0.3) is 0 Å². The summed E-state index contributed by atoms with van der Waals surface area (Å²) >= 11 is 3.44. The van der Waals surface area contributed by atoms with Gasteiger partial charge in [-0.1, -0.05) is 15.9 Å². The van der Waals surface area contributed by atoms with Crippen LogP contribution in [0.25, 0.3) is 0 Å². The second kappa shape index (κ2) is 8.50. The number of halogens is 3. The van der Waals surface area contributed by atoms with E-state index in [0.29, 0.717) is 17.9 Å². The molecule has 1 aliphatic rings. The standard InChI is InChI=1S/C15H21BrN2O2.2ClH/c1-17(2)8-15(9-18(3)4)10-20-13-6-5-11(16)7-12(13)14(15)19;;/h5-7H,8-10H2,1-4H3;2*1H. The molecule has 0 atom stereocenters. The van der Waals surface area contributed by atoms with Gasteiger partial charge in [-0.2, -0.15) is 0 Å². The van der Waals surface area contributed by atoms with Gasteiger partial charge in [-0.05, 0) is 18.2 Å². The summed E-state index contributed by atoms with van der Waals surface area (Å²) in [6.07, 6.45) is 0. The van der Waals surface area contributed by atoms with Crippen molar-refractivity contribution in [1.82, 2.24) is 0 Å². The molecule has 0 spiro atoms. The third-order valence-electron chi connectivity index (χ3n) is 3.56. The lowest BCUT2D eigenvalue weighted by Crippen LogP contribution is -3.12. The van der Waals surface area contributed by atoms with E-state index in [1.165, 1.54) is 9.80 Å². The Kier molecular flexibility index (Phi) is 8.37. The van der Waals surface area contributed by atoms with Gasteiger partial charge in [0.05, 0.1) is 46.8 Å². The monoisotopic (exact) mass is 412 g/mol. The summed E-state index contributed by atoms with van der Waals surface area (Å²) in [4.78, 5) is 15.6. The Balaban J connectivity index is 0.00000220. The van der Waals surface area contributed by atoms with E-state index >= 15 is 0 Å². The van der Waals surface area contributed by atoms with Crippen molar-refractivity contribution in [3.8, 4) is 5.75 Å². The van der Waals surface area contributed by atoms with E-state index in [1.807, 2.05) is 18.2 Å². The zero-order chi connectivity index (χ0) is 14.9. The van der Waals surface area contributed by atoms with Crippen molar-refractivity contribution >= 4 is 21.7 Å². The SMILES string of the molecule is C[NH+](C)CC1(C[NH+](C)C)COc2ccc(Br)cc2C1=O.[Cl-].[Cl-].